The first-order valence-corrected chi connectivity index (χ1v) is 8.08. The fourth-order valence-electron chi connectivity index (χ4n) is 3.53. The Kier molecular flexibility index (Phi) is 4.05. The predicted molar refractivity (Wildman–Crippen MR) is 83.9 cm³/mol. The predicted octanol–water partition coefficient (Wildman–Crippen LogP) is 4.06. The van der Waals surface area contributed by atoms with E-state index in [0.29, 0.717) is 11.3 Å². The maximum Gasteiger partial charge on any atom is 0.417 e. The zero-order valence-corrected chi connectivity index (χ0v) is 13.9. The van der Waals surface area contributed by atoms with Gasteiger partial charge in [-0.2, -0.15) is 13.2 Å². The summed E-state index contributed by atoms with van der Waals surface area (Å²) >= 11 is 0. The van der Waals surface area contributed by atoms with Crippen LogP contribution in [0.15, 0.2) is 18.3 Å². The molecule has 3 heterocycles. The number of hydrogen-bond acceptors (Lipinski definition) is 2. The van der Waals surface area contributed by atoms with Gasteiger partial charge in [0.05, 0.1) is 11.3 Å². The van der Waals surface area contributed by atoms with E-state index in [2.05, 4.69) is 4.98 Å². The smallest absolute Gasteiger partial charge is 0.332 e. The number of amides is 1. The number of aromatic nitrogens is 2. The number of imidazole rings is 1. The number of pyridine rings is 1. The third-order valence-electron chi connectivity index (χ3n) is 4.75. The van der Waals surface area contributed by atoms with Crippen molar-refractivity contribution < 1.29 is 18.0 Å². The quantitative estimate of drug-likeness (QED) is 0.786. The van der Waals surface area contributed by atoms with Crippen molar-refractivity contribution in [3.63, 3.8) is 0 Å². The van der Waals surface area contributed by atoms with E-state index in [1.165, 1.54) is 10.5 Å². The van der Waals surface area contributed by atoms with E-state index in [0.717, 1.165) is 31.5 Å². The van der Waals surface area contributed by atoms with E-state index in [4.69, 9.17) is 0 Å². The van der Waals surface area contributed by atoms with E-state index in [1.54, 1.807) is 11.8 Å². The summed E-state index contributed by atoms with van der Waals surface area (Å²) in [5, 5.41) is 0. The minimum Gasteiger partial charge on any atom is -0.332 e. The number of alkyl halides is 3. The number of aryl methyl sites for hydroxylation is 1. The molecule has 0 bridgehead atoms. The second-order valence-corrected chi connectivity index (χ2v) is 6.53. The number of carbonyl (C=O) groups excluding carboxylic acids is 1. The first kappa shape index (κ1) is 16.8. The van der Waals surface area contributed by atoms with Crippen molar-refractivity contribution in [1.29, 1.82) is 0 Å². The summed E-state index contributed by atoms with van der Waals surface area (Å²) in [7, 11) is 0. The molecule has 1 amide bonds. The normalized spacial score (nSPS) is 22.2. The lowest BCUT2D eigenvalue weighted by Gasteiger charge is -2.39. The molecule has 0 aliphatic carbocycles. The Morgan fingerprint density at radius 2 is 1.83 bits per heavy atom. The Morgan fingerprint density at radius 3 is 2.42 bits per heavy atom. The van der Waals surface area contributed by atoms with Gasteiger partial charge >= 0.3 is 6.18 Å². The van der Waals surface area contributed by atoms with Gasteiger partial charge in [0.15, 0.2) is 0 Å². The maximum atomic E-state index is 13.1. The van der Waals surface area contributed by atoms with Crippen molar-refractivity contribution in [1.82, 2.24) is 14.3 Å². The number of carbonyl (C=O) groups is 1. The van der Waals surface area contributed by atoms with Gasteiger partial charge in [0.1, 0.15) is 11.3 Å². The molecular weight excluding hydrogens is 319 g/mol. The highest BCUT2D eigenvalue weighted by Crippen LogP contribution is 2.31. The molecule has 0 saturated carbocycles. The highest BCUT2D eigenvalue weighted by molar-refractivity contribution is 5.95. The summed E-state index contributed by atoms with van der Waals surface area (Å²) in [5.41, 5.74) is 0.225. The van der Waals surface area contributed by atoms with E-state index in [9.17, 15) is 18.0 Å². The lowest BCUT2D eigenvalue weighted by molar-refractivity contribution is -0.137. The molecule has 0 spiro atoms. The number of nitrogens with zero attached hydrogens (tertiary/aromatic N) is 3. The SMILES string of the molecule is Cc1nc2ccc(C(F)(F)F)cn2c1C(=O)N1C(C)CCCC1C. The van der Waals surface area contributed by atoms with Gasteiger partial charge in [-0.25, -0.2) is 4.98 Å². The number of likely N-dealkylation sites (tertiary alicyclic amines) is 1. The fraction of sp³-hybridized carbons (Fsp3) is 0.529. The minimum atomic E-state index is -4.46. The number of piperidine rings is 1. The zero-order valence-electron chi connectivity index (χ0n) is 13.9. The molecule has 2 aromatic rings. The van der Waals surface area contributed by atoms with Crippen molar-refractivity contribution in [2.24, 2.45) is 0 Å². The minimum absolute atomic E-state index is 0.0667. The highest BCUT2D eigenvalue weighted by atomic mass is 19.4. The largest absolute Gasteiger partial charge is 0.417 e. The van der Waals surface area contributed by atoms with Gasteiger partial charge in [0.2, 0.25) is 0 Å². The molecule has 0 radical (unpaired) electrons. The monoisotopic (exact) mass is 339 g/mol. The van der Waals surface area contributed by atoms with Gasteiger partial charge < -0.3 is 4.90 Å². The van der Waals surface area contributed by atoms with Gasteiger partial charge in [-0.15, -0.1) is 0 Å². The third kappa shape index (κ3) is 2.76. The summed E-state index contributed by atoms with van der Waals surface area (Å²) < 4.78 is 40.3. The molecular formula is C17H20F3N3O. The molecule has 3 rings (SSSR count). The van der Waals surface area contributed by atoms with Crippen LogP contribution >= 0.6 is 0 Å². The summed E-state index contributed by atoms with van der Waals surface area (Å²) in [6.07, 6.45) is -0.643. The molecule has 4 nitrogen and oxygen atoms in total. The van der Waals surface area contributed by atoms with Gasteiger partial charge in [-0.1, -0.05) is 0 Å². The Bertz CT molecular complexity index is 771. The second kappa shape index (κ2) is 5.79. The van der Waals surface area contributed by atoms with Crippen LogP contribution in [-0.4, -0.2) is 32.3 Å². The topological polar surface area (TPSA) is 37.6 Å². The van der Waals surface area contributed by atoms with Crippen LogP contribution in [0.5, 0.6) is 0 Å². The molecule has 1 saturated heterocycles. The summed E-state index contributed by atoms with van der Waals surface area (Å²) in [4.78, 5) is 19.1. The third-order valence-corrected chi connectivity index (χ3v) is 4.75. The van der Waals surface area contributed by atoms with Crippen molar-refractivity contribution >= 4 is 11.6 Å². The lowest BCUT2D eigenvalue weighted by atomic mass is 9.97. The molecule has 2 unspecified atom stereocenters. The Balaban J connectivity index is 2.11. The van der Waals surface area contributed by atoms with Crippen LogP contribution in [0, 0.1) is 6.92 Å². The van der Waals surface area contributed by atoms with Crippen LogP contribution < -0.4 is 0 Å². The molecule has 1 fully saturated rings. The molecule has 130 valence electrons. The number of halogens is 3. The molecule has 7 heteroatoms. The van der Waals surface area contributed by atoms with Gasteiger partial charge in [-0.05, 0) is 52.2 Å². The van der Waals surface area contributed by atoms with Crippen LogP contribution in [0.3, 0.4) is 0 Å². The molecule has 2 aromatic heterocycles. The molecule has 0 aromatic carbocycles. The number of fused-ring (bicyclic) bond motifs is 1. The maximum absolute atomic E-state index is 13.1. The zero-order chi connectivity index (χ0) is 17.6. The van der Waals surface area contributed by atoms with E-state index >= 15 is 0 Å². The van der Waals surface area contributed by atoms with Gasteiger partial charge in [0, 0.05) is 18.3 Å². The second-order valence-electron chi connectivity index (χ2n) is 6.53. The average molecular weight is 339 g/mol. The summed E-state index contributed by atoms with van der Waals surface area (Å²) in [6, 6.07) is 2.42. The fourth-order valence-corrected chi connectivity index (χ4v) is 3.53. The van der Waals surface area contributed by atoms with Crippen molar-refractivity contribution in [3.05, 3.63) is 35.3 Å². The van der Waals surface area contributed by atoms with Crippen molar-refractivity contribution in [2.45, 2.75) is 58.3 Å². The summed E-state index contributed by atoms with van der Waals surface area (Å²) in [6.45, 7) is 5.62. The molecule has 1 aliphatic heterocycles. The number of hydrogen-bond donors (Lipinski definition) is 0. The molecule has 2 atom stereocenters. The molecule has 1 aliphatic rings. The van der Waals surface area contributed by atoms with E-state index < -0.39 is 11.7 Å². The highest BCUT2D eigenvalue weighted by Gasteiger charge is 2.34. The molecule has 0 N–H and O–H groups in total. The Labute approximate surface area is 138 Å². The van der Waals surface area contributed by atoms with Crippen LogP contribution in [0.2, 0.25) is 0 Å². The number of rotatable bonds is 1. The lowest BCUT2D eigenvalue weighted by Crippen LogP contribution is -2.48. The Morgan fingerprint density at radius 1 is 1.21 bits per heavy atom. The van der Waals surface area contributed by atoms with Crippen LogP contribution in [0.1, 0.15) is 54.9 Å². The Hall–Kier alpha value is -2.05. The van der Waals surface area contributed by atoms with Crippen molar-refractivity contribution in [3.8, 4) is 0 Å². The summed E-state index contributed by atoms with van der Waals surface area (Å²) in [5.74, 6) is -0.251. The van der Waals surface area contributed by atoms with Crippen LogP contribution in [0.25, 0.3) is 5.65 Å². The van der Waals surface area contributed by atoms with E-state index in [-0.39, 0.29) is 23.7 Å². The van der Waals surface area contributed by atoms with Gasteiger partial charge in [0.25, 0.3) is 5.91 Å². The van der Waals surface area contributed by atoms with Crippen LogP contribution in [0.4, 0.5) is 13.2 Å². The van der Waals surface area contributed by atoms with Crippen molar-refractivity contribution in [2.75, 3.05) is 0 Å². The standard InChI is InChI=1S/C17H20F3N3O/c1-10-5-4-6-11(2)23(10)16(24)15-12(3)21-14-8-7-13(9-22(14)15)17(18,19)20/h7-11H,4-6H2,1-3H3. The first-order chi connectivity index (χ1) is 11.2. The first-order valence-electron chi connectivity index (χ1n) is 8.08. The van der Waals surface area contributed by atoms with Gasteiger partial charge in [-0.3, -0.25) is 9.20 Å². The average Bonchev–Trinajstić information content (AvgIpc) is 2.80. The molecule has 24 heavy (non-hydrogen) atoms. The van der Waals surface area contributed by atoms with Crippen LogP contribution in [-0.2, 0) is 6.18 Å². The van der Waals surface area contributed by atoms with E-state index in [1.807, 2.05) is 13.8 Å².